The third-order valence-electron chi connectivity index (χ3n) is 8.76. The largest absolute Gasteiger partial charge is 0.463 e. The first-order valence-corrected chi connectivity index (χ1v) is 16.4. The standard InChI is InChI=1S/C29H32N2O10S3/c1-28(2,25(36)38-11-9-30-21(32)17-13-5-6-14(40-13)18(17)22(30)33)43-27(42)44-29(3,4)26(37)39-12-10-31-23(34)19-15-7-8-16(41-15)20(19)24(31)35/h5-8,13-20H,9-12H2,1-4H3. The van der Waals surface area contributed by atoms with Gasteiger partial charge in [0.25, 0.3) is 0 Å². The lowest BCUT2D eigenvalue weighted by atomic mass is 9.85. The highest BCUT2D eigenvalue weighted by atomic mass is 32.2. The van der Waals surface area contributed by atoms with E-state index in [2.05, 4.69) is 0 Å². The molecular weight excluding hydrogens is 633 g/mol. The molecule has 0 aromatic heterocycles. The summed E-state index contributed by atoms with van der Waals surface area (Å²) in [6.07, 6.45) is 5.70. The van der Waals surface area contributed by atoms with E-state index in [0.29, 0.717) is 3.53 Å². The van der Waals surface area contributed by atoms with Crippen LogP contribution in [0.2, 0.25) is 0 Å². The van der Waals surface area contributed by atoms with Crippen LogP contribution in [0.25, 0.3) is 0 Å². The Morgan fingerprint density at radius 2 is 0.977 bits per heavy atom. The van der Waals surface area contributed by atoms with Gasteiger partial charge in [0, 0.05) is 0 Å². The fraction of sp³-hybridized carbons (Fsp3) is 0.621. The van der Waals surface area contributed by atoms with Crippen LogP contribution in [0.5, 0.6) is 0 Å². The maximum atomic E-state index is 12.9. The van der Waals surface area contributed by atoms with Crippen LogP contribution in [0.15, 0.2) is 24.3 Å². The Balaban J connectivity index is 0.927. The Bertz CT molecular complexity index is 1250. The average Bonchev–Trinajstić information content (AvgIpc) is 3.79. The summed E-state index contributed by atoms with van der Waals surface area (Å²) in [4.78, 5) is 79.2. The van der Waals surface area contributed by atoms with E-state index in [1.165, 1.54) is 0 Å². The number of carbonyl (C=O) groups is 6. The van der Waals surface area contributed by atoms with Crippen molar-refractivity contribution in [3.05, 3.63) is 24.3 Å². The second-order valence-corrected chi connectivity index (χ2v) is 16.9. The highest BCUT2D eigenvalue weighted by Crippen LogP contribution is 2.46. The predicted octanol–water partition coefficient (Wildman–Crippen LogP) is 1.26. The van der Waals surface area contributed by atoms with Crippen LogP contribution in [0.1, 0.15) is 27.7 Å². The third kappa shape index (κ3) is 5.23. The van der Waals surface area contributed by atoms with Gasteiger partial charge in [-0.15, -0.1) is 0 Å². The van der Waals surface area contributed by atoms with Crippen molar-refractivity contribution in [2.45, 2.75) is 61.6 Å². The van der Waals surface area contributed by atoms with Gasteiger partial charge in [0.2, 0.25) is 23.6 Å². The van der Waals surface area contributed by atoms with Gasteiger partial charge in [0.15, 0.2) is 0 Å². The fourth-order valence-corrected chi connectivity index (χ4v) is 10.3. The van der Waals surface area contributed by atoms with Gasteiger partial charge >= 0.3 is 11.9 Å². The highest BCUT2D eigenvalue weighted by molar-refractivity contribution is 8.48. The number of hydrogen-bond donors (Lipinski definition) is 0. The lowest BCUT2D eigenvalue weighted by Gasteiger charge is -2.26. The number of thioether (sulfide) groups is 2. The van der Waals surface area contributed by atoms with Crippen molar-refractivity contribution < 1.29 is 47.7 Å². The topological polar surface area (TPSA) is 146 Å². The molecule has 0 aromatic carbocycles. The maximum Gasteiger partial charge on any atom is 0.322 e. The van der Waals surface area contributed by atoms with E-state index in [0.717, 1.165) is 33.3 Å². The molecule has 6 rings (SSSR count). The van der Waals surface area contributed by atoms with Crippen LogP contribution in [0, 0.1) is 23.7 Å². The Kier molecular flexibility index (Phi) is 8.09. The Morgan fingerprint density at radius 3 is 1.27 bits per heavy atom. The summed E-state index contributed by atoms with van der Waals surface area (Å²) < 4.78 is 20.1. The van der Waals surface area contributed by atoms with Crippen LogP contribution in [0.4, 0.5) is 0 Å². The molecule has 0 radical (unpaired) electrons. The van der Waals surface area contributed by atoms with Crippen molar-refractivity contribution in [3.8, 4) is 0 Å². The summed E-state index contributed by atoms with van der Waals surface area (Å²) in [5.41, 5.74) is 0. The molecule has 0 spiro atoms. The number of carbonyl (C=O) groups excluding carboxylic acids is 6. The van der Waals surface area contributed by atoms with Gasteiger partial charge in [-0.05, 0) is 27.7 Å². The molecule has 6 heterocycles. The van der Waals surface area contributed by atoms with Crippen LogP contribution in [0.3, 0.4) is 0 Å². The molecule has 4 saturated heterocycles. The summed E-state index contributed by atoms with van der Waals surface area (Å²) in [6, 6.07) is 0. The predicted molar refractivity (Wildman–Crippen MR) is 161 cm³/mol. The number of likely N-dealkylation sites (tertiary alicyclic amines) is 2. The number of ether oxygens (including phenoxy) is 4. The van der Waals surface area contributed by atoms with E-state index in [9.17, 15) is 28.8 Å². The zero-order valence-corrected chi connectivity index (χ0v) is 26.9. The Hall–Kier alpha value is -2.59. The van der Waals surface area contributed by atoms with Gasteiger partial charge in [-0.25, -0.2) is 0 Å². The first kappa shape index (κ1) is 31.4. The lowest BCUT2D eigenvalue weighted by Crippen LogP contribution is -2.39. The van der Waals surface area contributed by atoms with Crippen LogP contribution < -0.4 is 0 Å². The van der Waals surface area contributed by atoms with E-state index in [4.69, 9.17) is 31.2 Å². The third-order valence-corrected chi connectivity index (χ3v) is 11.4. The molecule has 12 nitrogen and oxygen atoms in total. The molecule has 236 valence electrons. The summed E-state index contributed by atoms with van der Waals surface area (Å²) >= 11 is 7.57. The van der Waals surface area contributed by atoms with Crippen molar-refractivity contribution in [3.63, 3.8) is 0 Å². The number of amides is 4. The van der Waals surface area contributed by atoms with E-state index in [1.54, 1.807) is 27.7 Å². The van der Waals surface area contributed by atoms with E-state index >= 15 is 0 Å². The highest BCUT2D eigenvalue weighted by Gasteiger charge is 2.61. The number of nitrogens with zero attached hydrogens (tertiary/aromatic N) is 2. The molecule has 4 fully saturated rings. The number of thiocarbonyl (C=S) groups is 1. The Morgan fingerprint density at radius 1 is 0.682 bits per heavy atom. The molecule has 0 saturated carbocycles. The minimum Gasteiger partial charge on any atom is -0.463 e. The second kappa shape index (κ2) is 11.3. The van der Waals surface area contributed by atoms with E-state index < -0.39 is 45.1 Å². The first-order valence-electron chi connectivity index (χ1n) is 14.4. The van der Waals surface area contributed by atoms with Crippen molar-refractivity contribution in [2.24, 2.45) is 23.7 Å². The van der Waals surface area contributed by atoms with Crippen molar-refractivity contribution in [2.75, 3.05) is 26.3 Å². The molecule has 8 unspecified atom stereocenters. The quantitative estimate of drug-likeness (QED) is 0.143. The molecule has 8 atom stereocenters. The van der Waals surface area contributed by atoms with Gasteiger partial charge in [0.05, 0.1) is 61.2 Å². The lowest BCUT2D eigenvalue weighted by molar-refractivity contribution is -0.150. The normalized spacial score (nSPS) is 33.1. The number of esters is 2. The zero-order chi connectivity index (χ0) is 31.7. The minimum absolute atomic E-state index is 0.0452. The SMILES string of the molecule is CC(C)(SC(=S)SC(C)(C)C(=O)OCCN1C(=O)C2C3C=CC(O3)C2C1=O)C(=O)OCCN1C(=O)C2C3C=CC(O3)C2C1=O. The second-order valence-electron chi connectivity index (χ2n) is 12.4. The molecule has 15 heteroatoms. The first-order chi connectivity index (χ1) is 20.7. The number of fused-ring (bicyclic) bond motifs is 10. The fourth-order valence-electron chi connectivity index (χ4n) is 6.50. The van der Waals surface area contributed by atoms with Crippen LogP contribution >= 0.6 is 35.7 Å². The molecular formula is C29H32N2O10S3. The average molecular weight is 665 g/mol. The van der Waals surface area contributed by atoms with Crippen LogP contribution in [-0.2, 0) is 47.7 Å². The van der Waals surface area contributed by atoms with Crippen LogP contribution in [-0.4, -0.2) is 109 Å². The molecule has 0 aliphatic carbocycles. The van der Waals surface area contributed by atoms with Gasteiger partial charge < -0.3 is 18.9 Å². The number of imide groups is 2. The van der Waals surface area contributed by atoms with Crippen molar-refractivity contribution in [1.82, 2.24) is 9.80 Å². The van der Waals surface area contributed by atoms with Gasteiger partial charge in [-0.1, -0.05) is 60.0 Å². The molecule has 0 aromatic rings. The van der Waals surface area contributed by atoms with Gasteiger partial charge in [-0.3, -0.25) is 38.6 Å². The van der Waals surface area contributed by atoms with Gasteiger partial charge in [-0.2, -0.15) is 0 Å². The molecule has 0 N–H and O–H groups in total. The van der Waals surface area contributed by atoms with Gasteiger partial charge in [0.1, 0.15) is 26.2 Å². The molecule has 4 bridgehead atoms. The molecule has 6 aliphatic rings. The van der Waals surface area contributed by atoms with Crippen molar-refractivity contribution in [1.29, 1.82) is 0 Å². The minimum atomic E-state index is -1.12. The van der Waals surface area contributed by atoms with E-state index in [1.807, 2.05) is 24.3 Å². The summed E-state index contributed by atoms with van der Waals surface area (Å²) in [5.74, 6) is -4.49. The zero-order valence-electron chi connectivity index (χ0n) is 24.5. The summed E-state index contributed by atoms with van der Waals surface area (Å²) in [5, 5.41) is 0. The van der Waals surface area contributed by atoms with Crippen molar-refractivity contribution >= 4 is 74.8 Å². The maximum absolute atomic E-state index is 12.9. The summed E-state index contributed by atoms with van der Waals surface area (Å²) in [7, 11) is 0. The number of rotatable bonds is 10. The van der Waals surface area contributed by atoms with E-state index in [-0.39, 0.29) is 74.3 Å². The molecule has 4 amide bonds. The molecule has 44 heavy (non-hydrogen) atoms. The number of hydrogen-bond acceptors (Lipinski definition) is 13. The smallest absolute Gasteiger partial charge is 0.322 e. The summed E-state index contributed by atoms with van der Waals surface area (Å²) in [6.45, 7) is 6.10. The molecule has 6 aliphatic heterocycles. The Labute approximate surface area is 267 Å². The monoisotopic (exact) mass is 664 g/mol.